The average molecular weight is 299 g/mol. The zero-order valence-electron chi connectivity index (χ0n) is 13.0. The van der Waals surface area contributed by atoms with Crippen molar-refractivity contribution in [3.8, 4) is 11.5 Å². The molecule has 1 aromatic carbocycles. The van der Waals surface area contributed by atoms with Crippen molar-refractivity contribution < 1.29 is 9.32 Å². The van der Waals surface area contributed by atoms with Crippen LogP contribution in [0.5, 0.6) is 0 Å². The van der Waals surface area contributed by atoms with Crippen LogP contribution in [-0.2, 0) is 11.2 Å². The van der Waals surface area contributed by atoms with E-state index < -0.39 is 0 Å². The molecule has 2 aromatic rings. The highest BCUT2D eigenvalue weighted by Gasteiger charge is 2.28. The van der Waals surface area contributed by atoms with E-state index in [1.165, 1.54) is 0 Å². The predicted molar refractivity (Wildman–Crippen MR) is 83.0 cm³/mol. The fraction of sp³-hybridized carbons (Fsp3) is 0.471. The standard InChI is InChI=1S/C17H21N3O2/c1-12(2)17(21)20-9-8-13(11-20)10-15-18-16(22-19-15)14-6-4-3-5-7-14/h3-7,12-13H,8-11H2,1-2H3. The van der Waals surface area contributed by atoms with Crippen LogP contribution < -0.4 is 0 Å². The van der Waals surface area contributed by atoms with Gasteiger partial charge in [0.1, 0.15) is 0 Å². The van der Waals surface area contributed by atoms with Crippen LogP contribution in [0.3, 0.4) is 0 Å². The molecule has 1 amide bonds. The molecule has 0 saturated carbocycles. The summed E-state index contributed by atoms with van der Waals surface area (Å²) in [5.74, 6) is 2.00. The second-order valence-corrected chi connectivity index (χ2v) is 6.18. The third kappa shape index (κ3) is 3.18. The van der Waals surface area contributed by atoms with Gasteiger partial charge < -0.3 is 9.42 Å². The Balaban J connectivity index is 1.61. The highest BCUT2D eigenvalue weighted by atomic mass is 16.5. The van der Waals surface area contributed by atoms with Gasteiger partial charge in [0.25, 0.3) is 5.89 Å². The zero-order chi connectivity index (χ0) is 15.5. The predicted octanol–water partition coefficient (Wildman–Crippen LogP) is 2.78. The number of nitrogens with zero attached hydrogens (tertiary/aromatic N) is 3. The molecular weight excluding hydrogens is 278 g/mol. The van der Waals surface area contributed by atoms with Crippen molar-refractivity contribution in [2.24, 2.45) is 11.8 Å². The lowest BCUT2D eigenvalue weighted by Gasteiger charge is -2.18. The highest BCUT2D eigenvalue weighted by molar-refractivity contribution is 5.78. The minimum Gasteiger partial charge on any atom is -0.342 e. The average Bonchev–Trinajstić information content (AvgIpc) is 3.17. The fourth-order valence-electron chi connectivity index (χ4n) is 2.86. The Bertz CT molecular complexity index is 636. The molecule has 1 fully saturated rings. The minimum atomic E-state index is 0.0635. The number of aromatic nitrogens is 2. The van der Waals surface area contributed by atoms with Crippen LogP contribution in [0, 0.1) is 11.8 Å². The third-order valence-corrected chi connectivity index (χ3v) is 4.05. The van der Waals surface area contributed by atoms with Crippen LogP contribution in [-0.4, -0.2) is 34.0 Å². The number of hydrogen-bond donors (Lipinski definition) is 0. The van der Waals surface area contributed by atoms with Crippen molar-refractivity contribution in [1.29, 1.82) is 0 Å². The van der Waals surface area contributed by atoms with Gasteiger partial charge in [-0.1, -0.05) is 37.2 Å². The molecule has 1 unspecified atom stereocenters. The maximum Gasteiger partial charge on any atom is 0.257 e. The second kappa shape index (κ2) is 6.30. The Kier molecular flexibility index (Phi) is 4.22. The Hall–Kier alpha value is -2.17. The molecular formula is C17H21N3O2. The van der Waals surface area contributed by atoms with Gasteiger partial charge in [-0.25, -0.2) is 0 Å². The maximum absolute atomic E-state index is 12.0. The zero-order valence-corrected chi connectivity index (χ0v) is 13.0. The van der Waals surface area contributed by atoms with Crippen LogP contribution in [0.4, 0.5) is 0 Å². The Morgan fingerprint density at radius 1 is 1.36 bits per heavy atom. The lowest BCUT2D eigenvalue weighted by molar-refractivity contribution is -0.133. The maximum atomic E-state index is 12.0. The van der Waals surface area contributed by atoms with E-state index in [0.29, 0.717) is 11.8 Å². The van der Waals surface area contributed by atoms with E-state index >= 15 is 0 Å². The molecule has 116 valence electrons. The molecule has 1 saturated heterocycles. The Morgan fingerprint density at radius 2 is 2.14 bits per heavy atom. The second-order valence-electron chi connectivity index (χ2n) is 6.18. The summed E-state index contributed by atoms with van der Waals surface area (Å²) in [5, 5.41) is 4.07. The van der Waals surface area contributed by atoms with E-state index in [-0.39, 0.29) is 11.8 Å². The largest absolute Gasteiger partial charge is 0.342 e. The van der Waals surface area contributed by atoms with E-state index in [1.807, 2.05) is 49.1 Å². The van der Waals surface area contributed by atoms with E-state index in [9.17, 15) is 4.79 Å². The number of hydrogen-bond acceptors (Lipinski definition) is 4. The van der Waals surface area contributed by atoms with Gasteiger partial charge in [0.15, 0.2) is 5.82 Å². The van der Waals surface area contributed by atoms with E-state index in [0.717, 1.165) is 37.3 Å². The topological polar surface area (TPSA) is 59.2 Å². The summed E-state index contributed by atoms with van der Waals surface area (Å²) < 4.78 is 5.33. The van der Waals surface area contributed by atoms with E-state index in [1.54, 1.807) is 0 Å². The normalized spacial score (nSPS) is 18.1. The van der Waals surface area contributed by atoms with Gasteiger partial charge in [-0.05, 0) is 24.5 Å². The minimum absolute atomic E-state index is 0.0635. The number of benzene rings is 1. The number of amides is 1. The number of rotatable bonds is 4. The van der Waals surface area contributed by atoms with Crippen LogP contribution in [0.2, 0.25) is 0 Å². The van der Waals surface area contributed by atoms with Crippen molar-refractivity contribution in [1.82, 2.24) is 15.0 Å². The van der Waals surface area contributed by atoms with Gasteiger partial charge >= 0.3 is 0 Å². The van der Waals surface area contributed by atoms with Gasteiger partial charge in [0.05, 0.1) is 0 Å². The van der Waals surface area contributed by atoms with Gasteiger partial charge in [0, 0.05) is 31.0 Å². The molecule has 0 N–H and O–H groups in total. The first-order valence-corrected chi connectivity index (χ1v) is 7.80. The highest BCUT2D eigenvalue weighted by Crippen LogP contribution is 2.23. The fourth-order valence-corrected chi connectivity index (χ4v) is 2.86. The van der Waals surface area contributed by atoms with E-state index in [2.05, 4.69) is 10.1 Å². The SMILES string of the molecule is CC(C)C(=O)N1CCC(Cc2noc(-c3ccccc3)n2)C1. The third-order valence-electron chi connectivity index (χ3n) is 4.05. The van der Waals surface area contributed by atoms with Crippen molar-refractivity contribution in [3.63, 3.8) is 0 Å². The number of carbonyl (C=O) groups excluding carboxylic acids is 1. The summed E-state index contributed by atoms with van der Waals surface area (Å²) in [6.45, 7) is 5.53. The van der Waals surface area contributed by atoms with Crippen LogP contribution in [0.1, 0.15) is 26.1 Å². The van der Waals surface area contributed by atoms with Crippen molar-refractivity contribution in [2.45, 2.75) is 26.7 Å². The van der Waals surface area contributed by atoms with Crippen LogP contribution in [0.15, 0.2) is 34.9 Å². The van der Waals surface area contributed by atoms with Gasteiger partial charge in [0.2, 0.25) is 5.91 Å². The smallest absolute Gasteiger partial charge is 0.257 e. The molecule has 0 spiro atoms. The summed E-state index contributed by atoms with van der Waals surface area (Å²) in [5.41, 5.74) is 0.935. The van der Waals surface area contributed by atoms with E-state index in [4.69, 9.17) is 4.52 Å². The van der Waals surface area contributed by atoms with Crippen molar-refractivity contribution in [3.05, 3.63) is 36.2 Å². The van der Waals surface area contributed by atoms with Gasteiger partial charge in [-0.15, -0.1) is 0 Å². The summed E-state index contributed by atoms with van der Waals surface area (Å²) in [4.78, 5) is 18.4. The monoisotopic (exact) mass is 299 g/mol. The Morgan fingerprint density at radius 3 is 2.86 bits per heavy atom. The molecule has 5 heteroatoms. The quantitative estimate of drug-likeness (QED) is 0.871. The summed E-state index contributed by atoms with van der Waals surface area (Å²) in [7, 11) is 0. The van der Waals surface area contributed by atoms with Gasteiger partial charge in [-0.3, -0.25) is 4.79 Å². The molecule has 2 heterocycles. The van der Waals surface area contributed by atoms with Gasteiger partial charge in [-0.2, -0.15) is 4.98 Å². The lowest BCUT2D eigenvalue weighted by atomic mass is 10.0. The molecule has 3 rings (SSSR count). The van der Waals surface area contributed by atoms with Crippen LogP contribution >= 0.6 is 0 Å². The lowest BCUT2D eigenvalue weighted by Crippen LogP contribution is -2.32. The molecule has 1 aliphatic heterocycles. The molecule has 1 atom stereocenters. The summed E-state index contributed by atoms with van der Waals surface area (Å²) >= 11 is 0. The molecule has 22 heavy (non-hydrogen) atoms. The molecule has 0 bridgehead atoms. The number of carbonyl (C=O) groups is 1. The Labute approximate surface area is 130 Å². The van der Waals surface area contributed by atoms with Crippen molar-refractivity contribution >= 4 is 5.91 Å². The summed E-state index contributed by atoms with van der Waals surface area (Å²) in [6, 6.07) is 9.77. The molecule has 5 nitrogen and oxygen atoms in total. The van der Waals surface area contributed by atoms with Crippen LogP contribution in [0.25, 0.3) is 11.5 Å². The number of likely N-dealkylation sites (tertiary alicyclic amines) is 1. The molecule has 0 aliphatic carbocycles. The van der Waals surface area contributed by atoms with Crippen molar-refractivity contribution in [2.75, 3.05) is 13.1 Å². The first-order valence-electron chi connectivity index (χ1n) is 7.80. The molecule has 0 radical (unpaired) electrons. The molecule has 1 aromatic heterocycles. The first-order chi connectivity index (χ1) is 10.6. The summed E-state index contributed by atoms with van der Waals surface area (Å²) in [6.07, 6.45) is 1.77. The first kappa shape index (κ1) is 14.8. The molecule has 1 aliphatic rings.